The molecule has 1 aliphatic rings. The third kappa shape index (κ3) is 2.45. The minimum absolute atomic E-state index is 0.0795. The number of nitrogens with one attached hydrogen (secondary N) is 3. The van der Waals surface area contributed by atoms with Crippen molar-refractivity contribution in [2.45, 2.75) is 13.0 Å². The molecule has 21 heavy (non-hydrogen) atoms. The lowest BCUT2D eigenvalue weighted by molar-refractivity contribution is 0.0655. The van der Waals surface area contributed by atoms with E-state index in [4.69, 9.17) is 0 Å². The number of amides is 1. The van der Waals surface area contributed by atoms with Gasteiger partial charge in [-0.25, -0.2) is 9.78 Å². The van der Waals surface area contributed by atoms with Gasteiger partial charge in [0.2, 0.25) is 0 Å². The highest BCUT2D eigenvalue weighted by molar-refractivity contribution is 5.96. The highest BCUT2D eigenvalue weighted by atomic mass is 16.2. The number of H-pyrrole nitrogens is 2. The fraction of sp³-hybridized carbons (Fsp3) is 0.385. The number of rotatable bonds is 1. The molecule has 3 heterocycles. The van der Waals surface area contributed by atoms with Crippen molar-refractivity contribution in [3.63, 3.8) is 0 Å². The van der Waals surface area contributed by atoms with Gasteiger partial charge in [0, 0.05) is 31.9 Å². The van der Waals surface area contributed by atoms with Crippen LogP contribution in [0.2, 0.25) is 0 Å². The third-order valence-electron chi connectivity index (χ3n) is 3.60. The van der Waals surface area contributed by atoms with E-state index in [9.17, 15) is 14.4 Å². The smallest absolute Gasteiger partial charge is 0.327 e. The van der Waals surface area contributed by atoms with Gasteiger partial charge >= 0.3 is 5.69 Å². The van der Waals surface area contributed by atoms with Crippen molar-refractivity contribution >= 4 is 16.9 Å². The minimum Gasteiger partial charge on any atom is -0.333 e. The van der Waals surface area contributed by atoms with Crippen LogP contribution in [0.15, 0.2) is 21.9 Å². The van der Waals surface area contributed by atoms with Crippen LogP contribution < -0.4 is 16.6 Å². The highest BCUT2D eigenvalue weighted by Gasteiger charge is 2.24. The average molecular weight is 289 g/mol. The van der Waals surface area contributed by atoms with Gasteiger partial charge in [-0.2, -0.15) is 0 Å². The second-order valence-corrected chi connectivity index (χ2v) is 5.08. The van der Waals surface area contributed by atoms with Gasteiger partial charge in [-0.3, -0.25) is 19.6 Å². The van der Waals surface area contributed by atoms with Gasteiger partial charge in [-0.15, -0.1) is 0 Å². The highest BCUT2D eigenvalue weighted by Crippen LogP contribution is 2.12. The maximum absolute atomic E-state index is 12.5. The SMILES string of the molecule is C[C@@H]1CNCCN1C(=O)c1cnc2[nH]c(=O)[nH]c(=O)c2c1. The fourth-order valence-electron chi connectivity index (χ4n) is 2.47. The molecule has 1 aliphatic heterocycles. The zero-order chi connectivity index (χ0) is 15.0. The van der Waals surface area contributed by atoms with Crippen LogP contribution in [0.5, 0.6) is 0 Å². The lowest BCUT2D eigenvalue weighted by Gasteiger charge is -2.33. The number of nitrogens with zero attached hydrogens (tertiary/aromatic N) is 2. The number of piperazine rings is 1. The Kier molecular flexibility index (Phi) is 3.30. The Hall–Kier alpha value is -2.48. The van der Waals surface area contributed by atoms with E-state index in [0.29, 0.717) is 12.1 Å². The summed E-state index contributed by atoms with van der Waals surface area (Å²) in [5, 5.41) is 3.41. The molecule has 0 saturated carbocycles. The molecule has 3 N–H and O–H groups in total. The predicted molar refractivity (Wildman–Crippen MR) is 76.4 cm³/mol. The van der Waals surface area contributed by atoms with Crippen LogP contribution in [-0.4, -0.2) is 51.4 Å². The van der Waals surface area contributed by atoms with Crippen molar-refractivity contribution in [2.75, 3.05) is 19.6 Å². The average Bonchev–Trinajstić information content (AvgIpc) is 2.46. The standard InChI is InChI=1S/C13H15N5O3/c1-7-5-14-2-3-18(7)12(20)8-4-9-10(15-6-8)16-13(21)17-11(9)19/h4,6-7,14H,2-3,5H2,1H3,(H2,15,16,17,19,21)/t7-/m1/s1. The topological polar surface area (TPSA) is 111 Å². The number of aromatic amines is 2. The van der Waals surface area contributed by atoms with Crippen molar-refractivity contribution in [2.24, 2.45) is 0 Å². The zero-order valence-electron chi connectivity index (χ0n) is 11.5. The van der Waals surface area contributed by atoms with E-state index in [2.05, 4.69) is 20.3 Å². The number of carbonyl (C=O) groups excluding carboxylic acids is 1. The predicted octanol–water partition coefficient (Wildman–Crippen LogP) is -0.955. The van der Waals surface area contributed by atoms with E-state index in [1.54, 1.807) is 4.90 Å². The first-order valence-electron chi connectivity index (χ1n) is 6.70. The van der Waals surface area contributed by atoms with Gasteiger partial charge in [0.1, 0.15) is 5.65 Å². The largest absolute Gasteiger partial charge is 0.333 e. The zero-order valence-corrected chi connectivity index (χ0v) is 11.5. The van der Waals surface area contributed by atoms with Gasteiger partial charge in [0.25, 0.3) is 11.5 Å². The van der Waals surface area contributed by atoms with Crippen LogP contribution in [0, 0.1) is 0 Å². The Balaban J connectivity index is 2.03. The molecule has 0 aromatic carbocycles. The van der Waals surface area contributed by atoms with E-state index < -0.39 is 11.2 Å². The summed E-state index contributed by atoms with van der Waals surface area (Å²) in [6.07, 6.45) is 1.38. The molecule has 1 saturated heterocycles. The second-order valence-electron chi connectivity index (χ2n) is 5.08. The summed E-state index contributed by atoms with van der Waals surface area (Å²) >= 11 is 0. The number of fused-ring (bicyclic) bond motifs is 1. The minimum atomic E-state index is -0.616. The Labute approximate surface area is 119 Å². The van der Waals surface area contributed by atoms with Crippen LogP contribution in [0.25, 0.3) is 11.0 Å². The monoisotopic (exact) mass is 289 g/mol. The van der Waals surface area contributed by atoms with E-state index in [0.717, 1.165) is 13.1 Å². The maximum Gasteiger partial charge on any atom is 0.327 e. The molecule has 8 nitrogen and oxygen atoms in total. The molecule has 1 fully saturated rings. The molecule has 0 spiro atoms. The van der Waals surface area contributed by atoms with Crippen LogP contribution in [0.1, 0.15) is 17.3 Å². The summed E-state index contributed by atoms with van der Waals surface area (Å²) in [6, 6.07) is 1.55. The number of carbonyl (C=O) groups is 1. The quantitative estimate of drug-likeness (QED) is 0.626. The van der Waals surface area contributed by atoms with Crippen molar-refractivity contribution in [1.82, 2.24) is 25.2 Å². The first-order valence-corrected chi connectivity index (χ1v) is 6.70. The van der Waals surface area contributed by atoms with Crippen molar-refractivity contribution in [1.29, 1.82) is 0 Å². The number of aromatic nitrogens is 3. The lowest BCUT2D eigenvalue weighted by Crippen LogP contribution is -2.52. The van der Waals surface area contributed by atoms with Gasteiger partial charge in [0.05, 0.1) is 10.9 Å². The Morgan fingerprint density at radius 2 is 2.19 bits per heavy atom. The lowest BCUT2D eigenvalue weighted by atomic mass is 10.1. The van der Waals surface area contributed by atoms with Crippen LogP contribution >= 0.6 is 0 Å². The molecular formula is C13H15N5O3. The third-order valence-corrected chi connectivity index (χ3v) is 3.60. The molecule has 110 valence electrons. The molecule has 8 heteroatoms. The van der Waals surface area contributed by atoms with E-state index >= 15 is 0 Å². The molecular weight excluding hydrogens is 274 g/mol. The van der Waals surface area contributed by atoms with Gasteiger partial charge in [-0.1, -0.05) is 0 Å². The van der Waals surface area contributed by atoms with Crippen LogP contribution in [-0.2, 0) is 0 Å². The Morgan fingerprint density at radius 1 is 1.38 bits per heavy atom. The van der Waals surface area contributed by atoms with E-state index in [1.165, 1.54) is 12.3 Å². The molecule has 1 amide bonds. The van der Waals surface area contributed by atoms with E-state index in [-0.39, 0.29) is 23.0 Å². The van der Waals surface area contributed by atoms with Crippen LogP contribution in [0.3, 0.4) is 0 Å². The normalized spacial score (nSPS) is 18.9. The summed E-state index contributed by atoms with van der Waals surface area (Å²) in [7, 11) is 0. The maximum atomic E-state index is 12.5. The Bertz CT molecular complexity index is 809. The molecule has 1 atom stereocenters. The van der Waals surface area contributed by atoms with Crippen molar-refractivity contribution < 1.29 is 4.79 Å². The van der Waals surface area contributed by atoms with E-state index in [1.807, 2.05) is 6.92 Å². The summed E-state index contributed by atoms with van der Waals surface area (Å²) in [4.78, 5) is 45.8. The molecule has 0 bridgehead atoms. The molecule has 0 radical (unpaired) electrons. The van der Waals surface area contributed by atoms with Crippen molar-refractivity contribution in [3.8, 4) is 0 Å². The first-order chi connectivity index (χ1) is 10.1. The fourth-order valence-corrected chi connectivity index (χ4v) is 2.47. The second kappa shape index (κ2) is 5.13. The number of pyridine rings is 1. The van der Waals surface area contributed by atoms with Gasteiger partial charge in [0.15, 0.2) is 0 Å². The molecule has 2 aromatic heterocycles. The number of hydrogen-bond donors (Lipinski definition) is 3. The summed E-state index contributed by atoms with van der Waals surface area (Å²) in [5.41, 5.74) is -0.651. The summed E-state index contributed by atoms with van der Waals surface area (Å²) < 4.78 is 0. The summed E-state index contributed by atoms with van der Waals surface area (Å²) in [5.74, 6) is -0.163. The number of hydrogen-bond acceptors (Lipinski definition) is 5. The summed E-state index contributed by atoms with van der Waals surface area (Å²) in [6.45, 7) is 4.05. The Morgan fingerprint density at radius 3 is 2.95 bits per heavy atom. The molecule has 0 unspecified atom stereocenters. The van der Waals surface area contributed by atoms with Gasteiger partial charge in [-0.05, 0) is 13.0 Å². The van der Waals surface area contributed by atoms with Gasteiger partial charge < -0.3 is 10.2 Å². The molecule has 2 aromatic rings. The van der Waals surface area contributed by atoms with Crippen molar-refractivity contribution in [3.05, 3.63) is 38.7 Å². The molecule has 0 aliphatic carbocycles. The first kappa shape index (κ1) is 13.5. The van der Waals surface area contributed by atoms with Crippen LogP contribution in [0.4, 0.5) is 0 Å². The molecule has 3 rings (SSSR count).